The maximum atomic E-state index is 12.1. The Kier molecular flexibility index (Phi) is 2.81. The molecule has 1 aliphatic heterocycles. The molecule has 1 amide bonds. The van der Waals surface area contributed by atoms with Crippen LogP contribution in [-0.4, -0.2) is 11.0 Å². The van der Waals surface area contributed by atoms with Crippen molar-refractivity contribution in [3.8, 4) is 0 Å². The van der Waals surface area contributed by atoms with Crippen LogP contribution >= 0.6 is 11.6 Å². The van der Waals surface area contributed by atoms with Gasteiger partial charge in [0.2, 0.25) is 0 Å². The summed E-state index contributed by atoms with van der Waals surface area (Å²) in [5, 5.41) is 14.0. The Labute approximate surface area is 115 Å². The van der Waals surface area contributed by atoms with Crippen LogP contribution in [0.2, 0.25) is 5.02 Å². The predicted molar refractivity (Wildman–Crippen MR) is 74.1 cm³/mol. The summed E-state index contributed by atoms with van der Waals surface area (Å²) in [5.41, 5.74) is 0.446. The highest BCUT2D eigenvalue weighted by Gasteiger charge is 2.45. The first-order valence-corrected chi connectivity index (χ1v) is 6.36. The zero-order valence-electron chi connectivity index (χ0n) is 10.1. The molecule has 2 N–H and O–H groups in total. The SMILES string of the molecule is O=C1Nc2ccccc2C1(O)Cc1ccccc1Cl. The molecule has 96 valence electrons. The number of para-hydroxylation sites is 1. The number of aliphatic hydroxyl groups is 1. The first kappa shape index (κ1) is 12.2. The normalized spacial score (nSPS) is 21.1. The summed E-state index contributed by atoms with van der Waals surface area (Å²) in [6, 6.07) is 14.4. The van der Waals surface area contributed by atoms with E-state index in [1.807, 2.05) is 24.3 Å². The van der Waals surface area contributed by atoms with Crippen LogP contribution in [0.1, 0.15) is 11.1 Å². The summed E-state index contributed by atoms with van der Waals surface area (Å²) < 4.78 is 0. The largest absolute Gasteiger partial charge is 0.375 e. The highest BCUT2D eigenvalue weighted by molar-refractivity contribution is 6.31. The molecular formula is C15H12ClNO2. The van der Waals surface area contributed by atoms with Crippen molar-refractivity contribution >= 4 is 23.2 Å². The molecule has 0 saturated carbocycles. The molecule has 3 nitrogen and oxygen atoms in total. The van der Waals surface area contributed by atoms with E-state index in [9.17, 15) is 9.90 Å². The summed E-state index contributed by atoms with van der Waals surface area (Å²) in [6.45, 7) is 0. The Morgan fingerprint density at radius 2 is 1.79 bits per heavy atom. The maximum Gasteiger partial charge on any atom is 0.261 e. The summed E-state index contributed by atoms with van der Waals surface area (Å²) in [7, 11) is 0. The molecule has 0 saturated heterocycles. The molecule has 4 heteroatoms. The average Bonchev–Trinajstić information content (AvgIpc) is 2.65. The lowest BCUT2D eigenvalue weighted by Crippen LogP contribution is -2.36. The van der Waals surface area contributed by atoms with Crippen molar-refractivity contribution in [3.05, 3.63) is 64.7 Å². The Balaban J connectivity index is 2.04. The second kappa shape index (κ2) is 4.37. The standard InChI is InChI=1S/C15H12ClNO2/c16-12-7-3-1-5-10(12)9-15(19)11-6-2-4-8-13(11)17-14(15)18/h1-8,19H,9H2,(H,17,18). The number of amides is 1. The number of hydrogen-bond acceptors (Lipinski definition) is 2. The molecule has 3 rings (SSSR count). The molecule has 0 fully saturated rings. The third-order valence-corrected chi connectivity index (χ3v) is 3.77. The van der Waals surface area contributed by atoms with Crippen LogP contribution in [0.4, 0.5) is 5.69 Å². The highest BCUT2D eigenvalue weighted by atomic mass is 35.5. The van der Waals surface area contributed by atoms with Crippen molar-refractivity contribution in [2.75, 3.05) is 5.32 Å². The van der Waals surface area contributed by atoms with Gasteiger partial charge in [0.1, 0.15) is 0 Å². The lowest BCUT2D eigenvalue weighted by Gasteiger charge is -2.21. The quantitative estimate of drug-likeness (QED) is 0.884. The van der Waals surface area contributed by atoms with E-state index in [-0.39, 0.29) is 6.42 Å². The van der Waals surface area contributed by atoms with Gasteiger partial charge in [-0.1, -0.05) is 48.0 Å². The van der Waals surface area contributed by atoms with Crippen molar-refractivity contribution in [2.24, 2.45) is 0 Å². The second-order valence-electron chi connectivity index (χ2n) is 4.63. The molecule has 0 aromatic heterocycles. The third-order valence-electron chi connectivity index (χ3n) is 3.40. The van der Waals surface area contributed by atoms with Gasteiger partial charge in [0.15, 0.2) is 5.60 Å². The van der Waals surface area contributed by atoms with Crippen molar-refractivity contribution < 1.29 is 9.90 Å². The molecule has 1 heterocycles. The van der Waals surface area contributed by atoms with E-state index in [2.05, 4.69) is 5.32 Å². The van der Waals surface area contributed by atoms with Crippen LogP contribution in [0, 0.1) is 0 Å². The molecule has 19 heavy (non-hydrogen) atoms. The number of fused-ring (bicyclic) bond motifs is 1. The summed E-state index contributed by atoms with van der Waals surface area (Å²) >= 11 is 6.10. The van der Waals surface area contributed by atoms with E-state index in [1.165, 1.54) is 0 Å². The predicted octanol–water partition coefficient (Wildman–Crippen LogP) is 2.72. The molecule has 1 unspecified atom stereocenters. The van der Waals surface area contributed by atoms with Gasteiger partial charge in [0, 0.05) is 22.7 Å². The zero-order valence-corrected chi connectivity index (χ0v) is 10.8. The van der Waals surface area contributed by atoms with Crippen molar-refractivity contribution in [1.82, 2.24) is 0 Å². The molecule has 1 atom stereocenters. The van der Waals surface area contributed by atoms with Gasteiger partial charge in [-0.05, 0) is 17.7 Å². The molecular weight excluding hydrogens is 262 g/mol. The number of rotatable bonds is 2. The molecule has 2 aromatic carbocycles. The van der Waals surface area contributed by atoms with Gasteiger partial charge >= 0.3 is 0 Å². The highest BCUT2D eigenvalue weighted by Crippen LogP contribution is 2.38. The van der Waals surface area contributed by atoms with Crippen LogP contribution in [0.5, 0.6) is 0 Å². The Hall–Kier alpha value is -1.84. The minimum absolute atomic E-state index is 0.162. The Bertz CT molecular complexity index is 656. The lowest BCUT2D eigenvalue weighted by molar-refractivity contribution is -0.133. The molecule has 0 radical (unpaired) electrons. The number of hydrogen-bond donors (Lipinski definition) is 2. The van der Waals surface area contributed by atoms with Gasteiger partial charge in [-0.15, -0.1) is 0 Å². The summed E-state index contributed by atoms with van der Waals surface area (Å²) in [6.07, 6.45) is 0.162. The Morgan fingerprint density at radius 1 is 1.11 bits per heavy atom. The topological polar surface area (TPSA) is 49.3 Å². The van der Waals surface area contributed by atoms with Gasteiger partial charge in [0.25, 0.3) is 5.91 Å². The minimum atomic E-state index is -1.55. The van der Waals surface area contributed by atoms with E-state index in [0.29, 0.717) is 16.3 Å². The fourth-order valence-corrected chi connectivity index (χ4v) is 2.60. The van der Waals surface area contributed by atoms with Gasteiger partial charge in [-0.2, -0.15) is 0 Å². The Morgan fingerprint density at radius 3 is 2.58 bits per heavy atom. The number of benzene rings is 2. The van der Waals surface area contributed by atoms with E-state index < -0.39 is 11.5 Å². The number of carbonyl (C=O) groups excluding carboxylic acids is 1. The van der Waals surface area contributed by atoms with Crippen LogP contribution in [0.25, 0.3) is 0 Å². The number of carbonyl (C=O) groups is 1. The van der Waals surface area contributed by atoms with Crippen LogP contribution in [0.15, 0.2) is 48.5 Å². The van der Waals surface area contributed by atoms with E-state index in [1.54, 1.807) is 24.3 Å². The first-order valence-electron chi connectivity index (χ1n) is 5.98. The van der Waals surface area contributed by atoms with E-state index in [4.69, 9.17) is 11.6 Å². The average molecular weight is 274 g/mol. The van der Waals surface area contributed by atoms with Crippen molar-refractivity contribution in [3.63, 3.8) is 0 Å². The van der Waals surface area contributed by atoms with E-state index >= 15 is 0 Å². The molecule has 0 spiro atoms. The zero-order chi connectivity index (χ0) is 13.5. The molecule has 0 bridgehead atoms. The lowest BCUT2D eigenvalue weighted by atomic mass is 9.88. The van der Waals surface area contributed by atoms with Gasteiger partial charge in [0.05, 0.1) is 0 Å². The van der Waals surface area contributed by atoms with Crippen LogP contribution in [0.3, 0.4) is 0 Å². The minimum Gasteiger partial charge on any atom is -0.375 e. The van der Waals surface area contributed by atoms with Crippen molar-refractivity contribution in [2.45, 2.75) is 12.0 Å². The van der Waals surface area contributed by atoms with Gasteiger partial charge in [-0.3, -0.25) is 4.79 Å². The van der Waals surface area contributed by atoms with Crippen LogP contribution in [-0.2, 0) is 16.8 Å². The van der Waals surface area contributed by atoms with Crippen molar-refractivity contribution in [1.29, 1.82) is 0 Å². The van der Waals surface area contributed by atoms with Gasteiger partial charge in [-0.25, -0.2) is 0 Å². The monoisotopic (exact) mass is 273 g/mol. The molecule has 1 aliphatic rings. The maximum absolute atomic E-state index is 12.1. The first-order chi connectivity index (χ1) is 9.11. The summed E-state index contributed by atoms with van der Waals surface area (Å²) in [4.78, 5) is 12.1. The smallest absolute Gasteiger partial charge is 0.261 e. The fourth-order valence-electron chi connectivity index (χ4n) is 2.39. The number of nitrogens with one attached hydrogen (secondary N) is 1. The van der Waals surface area contributed by atoms with E-state index in [0.717, 1.165) is 5.56 Å². The molecule has 2 aromatic rings. The summed E-state index contributed by atoms with van der Waals surface area (Å²) in [5.74, 6) is -0.409. The third kappa shape index (κ3) is 1.91. The molecule has 0 aliphatic carbocycles. The second-order valence-corrected chi connectivity index (χ2v) is 5.04. The van der Waals surface area contributed by atoms with Crippen LogP contribution < -0.4 is 5.32 Å². The van der Waals surface area contributed by atoms with Gasteiger partial charge < -0.3 is 10.4 Å². The number of halogens is 1. The fraction of sp³-hybridized carbons (Fsp3) is 0.133. The number of anilines is 1.